The van der Waals surface area contributed by atoms with E-state index >= 15 is 0 Å². The van der Waals surface area contributed by atoms with Crippen molar-refractivity contribution >= 4 is 147 Å². The fourth-order valence-corrected chi connectivity index (χ4v) is 45.3. The number of fused-ring (bicyclic) bond motifs is 28. The maximum Gasteiger partial charge on any atom is 0.586 e. The molecule has 0 aliphatic carbocycles. The van der Waals surface area contributed by atoms with Gasteiger partial charge in [0.2, 0.25) is 0 Å². The highest BCUT2D eigenvalue weighted by molar-refractivity contribution is 6.92. The Kier molecular flexibility index (Phi) is 13.9. The van der Waals surface area contributed by atoms with Crippen LogP contribution in [-0.2, 0) is 12.3 Å². The van der Waals surface area contributed by atoms with Gasteiger partial charge in [-0.05, 0) is 33.2 Å². The molecule has 12 aromatic rings. The van der Waals surface area contributed by atoms with Gasteiger partial charge in [-0.15, -0.1) is 0 Å². The molecule has 0 saturated heterocycles. The zero-order valence-electron chi connectivity index (χ0n) is 60.3. The highest BCUT2D eigenvalue weighted by atomic mass is 28.5. The fourth-order valence-electron chi connectivity index (χ4n) is 18.6. The molecule has 8 aliphatic rings. The van der Waals surface area contributed by atoms with E-state index in [9.17, 15) is 12.3 Å². The van der Waals surface area contributed by atoms with Gasteiger partial charge in [-0.1, -0.05) is 277 Å². The Bertz CT molecular complexity index is 5710. The summed E-state index contributed by atoms with van der Waals surface area (Å²) in [7, 11) is -18.4. The van der Waals surface area contributed by atoms with Gasteiger partial charge in [0.25, 0.3) is 0 Å². The summed E-state index contributed by atoms with van der Waals surface area (Å²) >= 11 is 0. The van der Waals surface area contributed by atoms with E-state index in [2.05, 4.69) is 246 Å². The first-order valence-corrected chi connectivity index (χ1v) is 44.3. The standard InChI is InChI=1S/C82H74N16O3Si4/c1-45(2)102(46(3)4,47(5)6)99-104(95-75-59-37-21-22-38-60(59)77(95)89-69-53-31-15-16-32-54(53)70(84-69)90-78-62-40-24-23-39-61(62)76(96(78)104)88-68-52-30-14-13-29-51(52)67(83-68)87-75)101-105(100-103(48(7)8,49(9)10)50(11)12)97-79-63-41-25-26-42-64(63)81(97)93-73-57-35-19-20-36-58(57)74(86-73)94-82-66-44-28-27-43-65(66)80(98(82)105)92-72-56-34-18-17-33-55(56)71(85-72)91-79/h13-50H,1-12H3/b87-67-,87-75?,88-68?,88-76-,89-69-,89-77?,90-70?,90-78-,91-71-,91-79?,92-72?,92-80-,93-73-,93-81?,94-74?,94-82-. The van der Waals surface area contributed by atoms with E-state index in [0.29, 0.717) is 91.9 Å². The van der Waals surface area contributed by atoms with Gasteiger partial charge < -0.3 is 12.3 Å². The zero-order chi connectivity index (χ0) is 71.5. The third-order valence-electron chi connectivity index (χ3n) is 22.9. The highest BCUT2D eigenvalue weighted by Crippen LogP contribution is 2.54. The van der Waals surface area contributed by atoms with Crippen molar-refractivity contribution in [1.82, 2.24) is 16.9 Å². The van der Waals surface area contributed by atoms with Gasteiger partial charge in [0.05, 0.1) is 0 Å². The summed E-state index contributed by atoms with van der Waals surface area (Å²) in [6.07, 6.45) is 0. The smallest absolute Gasteiger partial charge is 0.403 e. The number of amidine groups is 8. The van der Waals surface area contributed by atoms with Crippen LogP contribution in [0.15, 0.2) is 254 Å². The third-order valence-corrected chi connectivity index (χ3v) is 44.8. The first kappa shape index (κ1) is 63.9. The van der Waals surface area contributed by atoms with E-state index in [1.54, 1.807) is 0 Å². The van der Waals surface area contributed by atoms with Crippen molar-refractivity contribution in [3.05, 3.63) is 261 Å². The second-order valence-electron chi connectivity index (χ2n) is 30.3. The molecule has 516 valence electrons. The van der Waals surface area contributed by atoms with Gasteiger partial charge in [-0.2, -0.15) is 0 Å². The molecule has 0 radical (unpaired) electrons. The van der Waals surface area contributed by atoms with Crippen LogP contribution < -0.4 is 22.0 Å². The molecule has 19 nitrogen and oxygen atoms in total. The van der Waals surface area contributed by atoms with Crippen LogP contribution in [0.3, 0.4) is 0 Å². The SMILES string of the molecule is CC(C)[Si](O[Si]1(O[Si]2(O[Si](C(C)C)(C(C)C)C(C)C)n3c4c5ccccc5c3/N=C3N=C(/N=c5/c6ccccc6/c(n52)=N/C2=NC(=N\4)/c4ccccc42)c2ccccc2\3)n2c3c4ccccc4c2/N=C2N=C(/N=c4/c5ccccc5/c(n41)=N/C1=NC(=N\3)/c3ccccc31)c1ccccc1\2)(C(C)C)C(C)C. The molecule has 0 amide bonds. The van der Waals surface area contributed by atoms with E-state index in [1.807, 2.05) is 48.5 Å². The number of nitrogens with zero attached hydrogens (tertiary/aromatic N) is 16. The Morgan fingerprint density at radius 3 is 0.610 bits per heavy atom. The van der Waals surface area contributed by atoms with Crippen LogP contribution in [0.5, 0.6) is 0 Å². The predicted molar refractivity (Wildman–Crippen MR) is 428 cm³/mol. The van der Waals surface area contributed by atoms with Crippen LogP contribution in [-0.4, -0.2) is 98.0 Å². The van der Waals surface area contributed by atoms with Crippen LogP contribution in [0.25, 0.3) is 43.1 Å². The summed E-state index contributed by atoms with van der Waals surface area (Å²) < 4.78 is 38.8. The van der Waals surface area contributed by atoms with E-state index in [4.69, 9.17) is 59.9 Å². The molecule has 105 heavy (non-hydrogen) atoms. The van der Waals surface area contributed by atoms with Crippen LogP contribution in [0.4, 0.5) is 23.3 Å². The molecule has 12 bridgehead atoms. The minimum atomic E-state index is -5.57. The topological polar surface area (TPSA) is 196 Å². The molecule has 12 heterocycles. The number of hydrogen-bond donors (Lipinski definition) is 0. The quantitative estimate of drug-likeness (QED) is 0.110. The van der Waals surface area contributed by atoms with Crippen LogP contribution >= 0.6 is 0 Å². The van der Waals surface area contributed by atoms with Gasteiger partial charge in [0, 0.05) is 87.6 Å². The molecule has 2 unspecified atom stereocenters. The predicted octanol–water partition coefficient (Wildman–Crippen LogP) is 16.2. The lowest BCUT2D eigenvalue weighted by molar-refractivity contribution is 0.246. The lowest BCUT2D eigenvalue weighted by Crippen LogP contribution is -2.79. The third kappa shape index (κ3) is 8.67. The van der Waals surface area contributed by atoms with Gasteiger partial charge in [-0.25, -0.2) is 59.9 Å². The Morgan fingerprint density at radius 2 is 0.410 bits per heavy atom. The van der Waals surface area contributed by atoms with Crippen molar-refractivity contribution in [3.8, 4) is 0 Å². The second kappa shape index (κ2) is 22.9. The van der Waals surface area contributed by atoms with Gasteiger partial charge in [0.15, 0.2) is 63.3 Å². The van der Waals surface area contributed by atoms with Crippen LogP contribution in [0.2, 0.25) is 33.2 Å². The Hall–Kier alpha value is -10.8. The summed E-state index contributed by atoms with van der Waals surface area (Å²) in [5, 5.41) is 6.23. The average molecular weight is 1440 g/mol. The van der Waals surface area contributed by atoms with Crippen molar-refractivity contribution in [2.45, 2.75) is 116 Å². The van der Waals surface area contributed by atoms with E-state index in [0.717, 1.165) is 87.6 Å². The molecule has 20 rings (SSSR count). The van der Waals surface area contributed by atoms with Crippen molar-refractivity contribution in [2.75, 3.05) is 0 Å². The van der Waals surface area contributed by atoms with Crippen molar-refractivity contribution in [1.29, 1.82) is 0 Å². The van der Waals surface area contributed by atoms with Crippen LogP contribution in [0, 0.1) is 0 Å². The van der Waals surface area contributed by atoms with Crippen LogP contribution in [0.1, 0.15) is 128 Å². The molecule has 23 heteroatoms. The van der Waals surface area contributed by atoms with Gasteiger partial charge >= 0.3 is 17.8 Å². The number of rotatable bonds is 12. The molecule has 8 aromatic carbocycles. The molecule has 2 atom stereocenters. The molecular formula is C82H74N16O3Si4. The Balaban J connectivity index is 1.13. The van der Waals surface area contributed by atoms with E-state index < -0.39 is 34.4 Å². The molecule has 8 aliphatic heterocycles. The molecule has 0 spiro atoms. The summed E-state index contributed by atoms with van der Waals surface area (Å²) in [6.45, 7) is 28.1. The fraction of sp³-hybridized carbons (Fsp3) is 0.220. The number of benzene rings is 8. The molecule has 0 saturated carbocycles. The van der Waals surface area contributed by atoms with Crippen molar-refractivity contribution < 1.29 is 12.3 Å². The first-order chi connectivity index (χ1) is 50.9. The number of aromatic nitrogens is 4. The normalized spacial score (nSPS) is 21.9. The summed E-state index contributed by atoms with van der Waals surface area (Å²) in [4.78, 5) is 71.2. The zero-order valence-corrected chi connectivity index (χ0v) is 64.3. The monoisotopic (exact) mass is 1440 g/mol. The molecule has 0 N–H and O–H groups in total. The first-order valence-electron chi connectivity index (χ1n) is 36.6. The highest BCUT2D eigenvalue weighted by Gasteiger charge is 2.70. The maximum atomic E-state index is 10.3. The van der Waals surface area contributed by atoms with Gasteiger partial charge in [-0.3, -0.25) is 16.9 Å². The summed E-state index contributed by atoms with van der Waals surface area (Å²) in [5.74, 6) is 5.76. The van der Waals surface area contributed by atoms with Crippen molar-refractivity contribution in [2.24, 2.45) is 59.9 Å². The summed E-state index contributed by atoms with van der Waals surface area (Å²) in [6, 6.07) is 66.8. The Labute approximate surface area is 609 Å². The Morgan fingerprint density at radius 1 is 0.229 bits per heavy atom. The lowest BCUT2D eigenvalue weighted by Gasteiger charge is -2.52. The lowest BCUT2D eigenvalue weighted by atomic mass is 10.1. The average Bonchev–Trinajstić information content (AvgIpc) is 1.55. The minimum absolute atomic E-state index is 0.0880. The van der Waals surface area contributed by atoms with Gasteiger partial charge in [0.1, 0.15) is 45.2 Å². The molecule has 0 fully saturated rings. The summed E-state index contributed by atoms with van der Waals surface area (Å²) in [5.41, 5.74) is 8.03. The van der Waals surface area contributed by atoms with E-state index in [-0.39, 0.29) is 33.2 Å². The maximum absolute atomic E-state index is 10.3. The van der Waals surface area contributed by atoms with E-state index in [1.165, 1.54) is 0 Å². The minimum Gasteiger partial charge on any atom is -0.403 e. The largest absolute Gasteiger partial charge is 0.586 e. The van der Waals surface area contributed by atoms with Crippen molar-refractivity contribution in [3.63, 3.8) is 0 Å². The number of hydrogen-bond acceptors (Lipinski definition) is 15. The molecular weight excluding hydrogens is 1370 g/mol. The number of aliphatic imine (C=N–C) groups is 8. The molecule has 4 aromatic heterocycles. The second-order valence-corrected chi connectivity index (χ2v) is 47.0.